The first kappa shape index (κ1) is 38.8. The van der Waals surface area contributed by atoms with Gasteiger partial charge in [-0.15, -0.1) is 0 Å². The van der Waals surface area contributed by atoms with Gasteiger partial charge in [-0.3, -0.25) is 0 Å². The van der Waals surface area contributed by atoms with Gasteiger partial charge in [0, 0.05) is 52.4 Å². The van der Waals surface area contributed by atoms with Crippen LogP contribution in [0.15, 0.2) is 59.9 Å². The van der Waals surface area contributed by atoms with Gasteiger partial charge in [-0.2, -0.15) is 0 Å². The molecule has 1 fully saturated rings. The van der Waals surface area contributed by atoms with E-state index in [1.807, 2.05) is 67.5 Å². The van der Waals surface area contributed by atoms with E-state index in [4.69, 9.17) is 14.2 Å². The Morgan fingerprint density at radius 3 is 2.00 bits per heavy atom. The van der Waals surface area contributed by atoms with Gasteiger partial charge in [0.05, 0.1) is 6.61 Å². The fourth-order valence-electron chi connectivity index (χ4n) is 5.76. The summed E-state index contributed by atoms with van der Waals surface area (Å²) in [6.07, 6.45) is 11.8. The molecule has 8 heteroatoms. The molecule has 0 amide bonds. The van der Waals surface area contributed by atoms with Gasteiger partial charge < -0.3 is 29.3 Å². The Labute approximate surface area is 290 Å². The number of benzene rings is 2. The van der Waals surface area contributed by atoms with Gasteiger partial charge >= 0.3 is 11.9 Å². The summed E-state index contributed by atoms with van der Waals surface area (Å²) < 4.78 is 17.1. The number of carbonyl (C=O) groups is 2. The maximum atomic E-state index is 13.4. The molecule has 2 aromatic rings. The van der Waals surface area contributed by atoms with Gasteiger partial charge in [-0.05, 0) is 66.6 Å². The van der Waals surface area contributed by atoms with Crippen molar-refractivity contribution >= 4 is 23.3 Å². The number of esters is 2. The Morgan fingerprint density at radius 2 is 1.42 bits per heavy atom. The molecule has 0 bridgehead atoms. The molecule has 0 saturated carbocycles. The van der Waals surface area contributed by atoms with Crippen LogP contribution in [-0.4, -0.2) is 49.9 Å². The van der Waals surface area contributed by atoms with Crippen LogP contribution in [0.5, 0.6) is 5.75 Å². The summed E-state index contributed by atoms with van der Waals surface area (Å²) in [6, 6.07) is 16.0. The van der Waals surface area contributed by atoms with Crippen LogP contribution in [0.4, 0.5) is 11.4 Å². The fraction of sp³-hybridized carbons (Fsp3) is 0.600. The van der Waals surface area contributed by atoms with Crippen molar-refractivity contribution in [3.05, 3.63) is 65.5 Å². The van der Waals surface area contributed by atoms with Crippen LogP contribution in [0, 0.1) is 11.8 Å². The molecule has 0 spiro atoms. The number of nitrogens with one attached hydrogen (secondary N) is 1. The average molecular weight is 664 g/mol. The molecule has 1 saturated heterocycles. The second-order valence-corrected chi connectivity index (χ2v) is 14.4. The van der Waals surface area contributed by atoms with E-state index < -0.39 is 17.7 Å². The number of ether oxygens (including phenoxy) is 3. The molecular formula is C40H61N3O5. The zero-order chi connectivity index (χ0) is 35.1. The highest BCUT2D eigenvalue weighted by Crippen LogP contribution is 2.29. The lowest BCUT2D eigenvalue weighted by Crippen LogP contribution is -2.44. The van der Waals surface area contributed by atoms with Crippen LogP contribution >= 0.6 is 0 Å². The van der Waals surface area contributed by atoms with Crippen LogP contribution in [0.1, 0.15) is 111 Å². The van der Waals surface area contributed by atoms with Crippen molar-refractivity contribution in [2.75, 3.05) is 37.5 Å². The average Bonchev–Trinajstić information content (AvgIpc) is 3.01. The molecule has 266 valence electrons. The smallest absolute Gasteiger partial charge is 0.352 e. The molecule has 0 aromatic heterocycles. The minimum atomic E-state index is -1.33. The predicted molar refractivity (Wildman–Crippen MR) is 196 cm³/mol. The van der Waals surface area contributed by atoms with Crippen molar-refractivity contribution in [2.24, 2.45) is 11.8 Å². The van der Waals surface area contributed by atoms with E-state index in [9.17, 15) is 9.59 Å². The molecule has 1 aliphatic rings. The zero-order valence-corrected chi connectivity index (χ0v) is 30.9. The van der Waals surface area contributed by atoms with Gasteiger partial charge in [0.1, 0.15) is 11.6 Å². The maximum absolute atomic E-state index is 13.4. The standard InChI is InChI=1S/C40H61N3O5/c1-9-10-13-16-31(4)17-14-11-12-15-27-43(29-32-18-24-35(25-19-32)46-28-26-30(2)3)37(36-38(44)47-40(5,6)48-39(36)45)41-33-20-22-34(23-21-33)42(7)8/h18-25,30-31,41H,9-17,26-29H2,1-8H3. The minimum absolute atomic E-state index is 0.124. The summed E-state index contributed by atoms with van der Waals surface area (Å²) in [7, 11) is 3.97. The van der Waals surface area contributed by atoms with Crippen LogP contribution in [0.25, 0.3) is 0 Å². The minimum Gasteiger partial charge on any atom is -0.494 e. The Hall–Kier alpha value is -3.68. The number of rotatable bonds is 21. The molecule has 0 aliphatic carbocycles. The first-order chi connectivity index (χ1) is 22.9. The number of anilines is 2. The van der Waals surface area contributed by atoms with Crippen LogP contribution in [0.2, 0.25) is 0 Å². The molecule has 1 aliphatic heterocycles. The van der Waals surface area contributed by atoms with E-state index in [-0.39, 0.29) is 5.57 Å². The van der Waals surface area contributed by atoms with Gasteiger partial charge in [-0.25, -0.2) is 9.59 Å². The number of carbonyl (C=O) groups excluding carboxylic acids is 2. The molecule has 48 heavy (non-hydrogen) atoms. The first-order valence-corrected chi connectivity index (χ1v) is 18.1. The summed E-state index contributed by atoms with van der Waals surface area (Å²) >= 11 is 0. The summed E-state index contributed by atoms with van der Waals surface area (Å²) in [5, 5.41) is 3.43. The summed E-state index contributed by atoms with van der Waals surface area (Å²) in [5.41, 5.74) is 2.71. The first-order valence-electron chi connectivity index (χ1n) is 18.1. The molecule has 1 N–H and O–H groups in total. The number of cyclic esters (lactones) is 2. The Morgan fingerprint density at radius 1 is 0.812 bits per heavy atom. The highest BCUT2D eigenvalue weighted by Gasteiger charge is 2.42. The van der Waals surface area contributed by atoms with Crippen molar-refractivity contribution in [2.45, 2.75) is 118 Å². The highest BCUT2D eigenvalue weighted by atomic mass is 16.7. The molecule has 1 unspecified atom stereocenters. The Kier molecular flexibility index (Phi) is 15.6. The van der Waals surface area contributed by atoms with Crippen molar-refractivity contribution in [1.82, 2.24) is 4.90 Å². The lowest BCUT2D eigenvalue weighted by molar-refractivity contribution is -0.222. The predicted octanol–water partition coefficient (Wildman–Crippen LogP) is 9.31. The van der Waals surface area contributed by atoms with E-state index >= 15 is 0 Å². The van der Waals surface area contributed by atoms with Crippen molar-refractivity contribution < 1.29 is 23.8 Å². The molecule has 8 nitrogen and oxygen atoms in total. The van der Waals surface area contributed by atoms with Gasteiger partial charge in [-0.1, -0.05) is 91.2 Å². The summed E-state index contributed by atoms with van der Waals surface area (Å²) in [6.45, 7) is 13.9. The van der Waals surface area contributed by atoms with E-state index in [2.05, 4.69) is 37.9 Å². The largest absolute Gasteiger partial charge is 0.494 e. The number of hydrogen-bond acceptors (Lipinski definition) is 8. The highest BCUT2D eigenvalue weighted by molar-refractivity contribution is 6.16. The fourth-order valence-corrected chi connectivity index (χ4v) is 5.76. The van der Waals surface area contributed by atoms with Crippen LogP contribution in [-0.2, 0) is 25.6 Å². The Bertz CT molecular complexity index is 1280. The molecular weight excluding hydrogens is 602 g/mol. The number of unbranched alkanes of at least 4 members (excludes halogenated alkanes) is 5. The third kappa shape index (κ3) is 13.1. The maximum Gasteiger partial charge on any atom is 0.352 e. The molecule has 0 radical (unpaired) electrons. The van der Waals surface area contributed by atoms with Crippen LogP contribution < -0.4 is 15.0 Å². The number of hydrogen-bond donors (Lipinski definition) is 1. The van der Waals surface area contributed by atoms with Crippen LogP contribution in [0.3, 0.4) is 0 Å². The van der Waals surface area contributed by atoms with Gasteiger partial charge in [0.15, 0.2) is 5.57 Å². The SMILES string of the molecule is CCCCCC(C)CCCCCCN(Cc1ccc(OCCC(C)C)cc1)C(Nc1ccc(N(C)C)cc1)=C1C(=O)OC(C)(C)OC1=O. The summed E-state index contributed by atoms with van der Waals surface area (Å²) in [5.74, 6) is -0.167. The van der Waals surface area contributed by atoms with Crippen molar-refractivity contribution in [3.8, 4) is 5.75 Å². The molecule has 1 atom stereocenters. The molecule has 1 heterocycles. The van der Waals surface area contributed by atoms with E-state index in [1.165, 1.54) is 38.5 Å². The lowest BCUT2D eigenvalue weighted by Gasteiger charge is -2.34. The second kappa shape index (κ2) is 19.4. The van der Waals surface area contributed by atoms with Gasteiger partial charge in [0.25, 0.3) is 5.79 Å². The third-order valence-electron chi connectivity index (χ3n) is 8.72. The van der Waals surface area contributed by atoms with E-state index in [0.29, 0.717) is 31.4 Å². The molecule has 3 rings (SSSR count). The monoisotopic (exact) mass is 663 g/mol. The van der Waals surface area contributed by atoms with Gasteiger partial charge in [0.2, 0.25) is 0 Å². The Balaban J connectivity index is 1.86. The second-order valence-electron chi connectivity index (χ2n) is 14.4. The van der Waals surface area contributed by atoms with Crippen molar-refractivity contribution in [1.29, 1.82) is 0 Å². The normalized spacial score (nSPS) is 14.7. The molecule has 2 aromatic carbocycles. The van der Waals surface area contributed by atoms with E-state index in [0.717, 1.165) is 54.3 Å². The van der Waals surface area contributed by atoms with Crippen molar-refractivity contribution in [3.63, 3.8) is 0 Å². The quantitative estimate of drug-likeness (QED) is 0.0613. The number of nitrogens with zero attached hydrogens (tertiary/aromatic N) is 2. The summed E-state index contributed by atoms with van der Waals surface area (Å²) in [4.78, 5) is 31.0. The lowest BCUT2D eigenvalue weighted by atomic mass is 9.96. The zero-order valence-electron chi connectivity index (χ0n) is 30.9. The third-order valence-corrected chi connectivity index (χ3v) is 8.72. The topological polar surface area (TPSA) is 80.3 Å². The van der Waals surface area contributed by atoms with E-state index in [1.54, 1.807) is 13.8 Å².